The molecule has 0 radical (unpaired) electrons. The molecule has 0 fully saturated rings. The van der Waals surface area contributed by atoms with Gasteiger partial charge in [0.05, 0.1) is 0 Å². The Morgan fingerprint density at radius 3 is 2.38 bits per heavy atom. The maximum atomic E-state index is 12.6. The summed E-state index contributed by atoms with van der Waals surface area (Å²) < 4.78 is 0. The van der Waals surface area contributed by atoms with Crippen molar-refractivity contribution < 1.29 is 4.79 Å². The fourth-order valence-electron chi connectivity index (χ4n) is 2.29. The molecule has 2 aromatic rings. The van der Waals surface area contributed by atoms with Gasteiger partial charge in [-0.05, 0) is 50.3 Å². The van der Waals surface area contributed by atoms with E-state index in [1.54, 1.807) is 6.07 Å². The van der Waals surface area contributed by atoms with Gasteiger partial charge in [0.25, 0.3) is 0 Å². The molecule has 110 valence electrons. The highest BCUT2D eigenvalue weighted by Crippen LogP contribution is 2.23. The molecule has 0 aliphatic carbocycles. The van der Waals surface area contributed by atoms with Gasteiger partial charge in [0, 0.05) is 10.7 Å². The van der Waals surface area contributed by atoms with E-state index in [1.165, 1.54) is 0 Å². The number of nitrogens with one attached hydrogen (secondary N) is 1. The van der Waals surface area contributed by atoms with Crippen LogP contribution in [0.25, 0.3) is 0 Å². The summed E-state index contributed by atoms with van der Waals surface area (Å²) >= 11 is 5.94. The summed E-state index contributed by atoms with van der Waals surface area (Å²) in [7, 11) is 3.79. The predicted molar refractivity (Wildman–Crippen MR) is 87.7 cm³/mol. The topological polar surface area (TPSA) is 32.3 Å². The molecule has 2 rings (SSSR count). The van der Waals surface area contributed by atoms with Gasteiger partial charge < -0.3 is 5.32 Å². The fourth-order valence-corrected chi connectivity index (χ4v) is 2.51. The van der Waals surface area contributed by atoms with Crippen LogP contribution in [0, 0.1) is 6.92 Å². The van der Waals surface area contributed by atoms with Crippen LogP contribution in [0.15, 0.2) is 48.5 Å². The number of nitrogens with zero attached hydrogens (tertiary/aromatic N) is 1. The van der Waals surface area contributed by atoms with Gasteiger partial charge in [-0.1, -0.05) is 41.9 Å². The van der Waals surface area contributed by atoms with Crippen LogP contribution in [0.3, 0.4) is 0 Å². The number of carbonyl (C=O) groups excluding carboxylic acids is 1. The average molecular weight is 303 g/mol. The van der Waals surface area contributed by atoms with E-state index in [0.29, 0.717) is 5.02 Å². The first-order chi connectivity index (χ1) is 9.99. The summed E-state index contributed by atoms with van der Waals surface area (Å²) in [6.45, 7) is 1.93. The molecule has 0 bridgehead atoms. The number of likely N-dealkylation sites (N-methyl/N-ethyl adjacent to an activating group) is 1. The largest absolute Gasteiger partial charge is 0.324 e. The molecule has 0 aromatic heterocycles. The van der Waals surface area contributed by atoms with E-state index >= 15 is 0 Å². The summed E-state index contributed by atoms with van der Waals surface area (Å²) in [4.78, 5) is 14.5. The van der Waals surface area contributed by atoms with Gasteiger partial charge in [0.2, 0.25) is 5.91 Å². The molecule has 3 nitrogen and oxygen atoms in total. The summed E-state index contributed by atoms with van der Waals surface area (Å²) in [5.41, 5.74) is 2.69. The first-order valence-electron chi connectivity index (χ1n) is 6.77. The predicted octanol–water partition coefficient (Wildman–Crippen LogP) is 3.89. The number of amides is 1. The lowest BCUT2D eigenvalue weighted by atomic mass is 10.0. The van der Waals surface area contributed by atoms with Crippen LogP contribution >= 0.6 is 11.6 Å². The third-order valence-corrected chi connectivity index (χ3v) is 3.56. The maximum absolute atomic E-state index is 12.6. The van der Waals surface area contributed by atoms with Crippen molar-refractivity contribution in [3.8, 4) is 0 Å². The van der Waals surface area contributed by atoms with Crippen molar-refractivity contribution in [2.24, 2.45) is 0 Å². The highest BCUT2D eigenvalue weighted by Gasteiger charge is 2.23. The van der Waals surface area contributed by atoms with Crippen molar-refractivity contribution in [1.82, 2.24) is 4.90 Å². The lowest BCUT2D eigenvalue weighted by Crippen LogP contribution is -2.32. The van der Waals surface area contributed by atoms with Crippen LogP contribution < -0.4 is 5.32 Å². The molecule has 0 spiro atoms. The number of carbonyl (C=O) groups is 1. The van der Waals surface area contributed by atoms with Crippen molar-refractivity contribution in [2.45, 2.75) is 13.0 Å². The Hall–Kier alpha value is -1.84. The summed E-state index contributed by atoms with van der Waals surface area (Å²) in [6, 6.07) is 14.8. The zero-order valence-electron chi connectivity index (χ0n) is 12.4. The maximum Gasteiger partial charge on any atom is 0.246 e. The van der Waals surface area contributed by atoms with Crippen LogP contribution in [0.4, 0.5) is 5.69 Å². The Morgan fingerprint density at radius 1 is 1.14 bits per heavy atom. The zero-order chi connectivity index (χ0) is 15.4. The molecule has 2 aromatic carbocycles. The highest BCUT2D eigenvalue weighted by atomic mass is 35.5. The molecular weight excluding hydrogens is 284 g/mol. The molecule has 1 N–H and O–H groups in total. The molecule has 0 heterocycles. The standard InChI is InChI=1S/C17H19ClN2O/c1-12-11-14(18)9-10-15(12)19-17(21)16(20(2)3)13-7-5-4-6-8-13/h4-11,16H,1-3H3,(H,19,21). The minimum atomic E-state index is -0.332. The van der Waals surface area contributed by atoms with Gasteiger partial charge >= 0.3 is 0 Å². The Bertz CT molecular complexity index is 626. The minimum Gasteiger partial charge on any atom is -0.324 e. The quantitative estimate of drug-likeness (QED) is 0.929. The van der Waals surface area contributed by atoms with E-state index in [-0.39, 0.29) is 11.9 Å². The Morgan fingerprint density at radius 2 is 1.81 bits per heavy atom. The van der Waals surface area contributed by atoms with Gasteiger partial charge in [0.15, 0.2) is 0 Å². The fraction of sp³-hybridized carbons (Fsp3) is 0.235. The molecular formula is C17H19ClN2O. The van der Waals surface area contributed by atoms with Gasteiger partial charge in [-0.15, -0.1) is 0 Å². The molecule has 0 saturated carbocycles. The minimum absolute atomic E-state index is 0.0587. The lowest BCUT2D eigenvalue weighted by Gasteiger charge is -2.24. The number of rotatable bonds is 4. The number of benzene rings is 2. The molecule has 1 atom stereocenters. The van der Waals surface area contributed by atoms with Crippen LogP contribution in [0.1, 0.15) is 17.2 Å². The van der Waals surface area contributed by atoms with Gasteiger partial charge in [-0.25, -0.2) is 0 Å². The molecule has 0 aliphatic heterocycles. The second kappa shape index (κ2) is 6.74. The molecule has 1 amide bonds. The normalized spacial score (nSPS) is 12.2. The van der Waals surface area contributed by atoms with E-state index < -0.39 is 0 Å². The summed E-state index contributed by atoms with van der Waals surface area (Å²) in [5.74, 6) is -0.0587. The highest BCUT2D eigenvalue weighted by molar-refractivity contribution is 6.30. The number of aryl methyl sites for hydroxylation is 1. The van der Waals surface area contributed by atoms with Crippen molar-refractivity contribution >= 4 is 23.2 Å². The van der Waals surface area contributed by atoms with Crippen molar-refractivity contribution in [2.75, 3.05) is 19.4 Å². The average Bonchev–Trinajstić information content (AvgIpc) is 2.43. The van der Waals surface area contributed by atoms with E-state index in [4.69, 9.17) is 11.6 Å². The molecule has 0 aliphatic rings. The van der Waals surface area contributed by atoms with E-state index in [1.807, 2.05) is 68.4 Å². The van der Waals surface area contributed by atoms with Crippen LogP contribution in [0.5, 0.6) is 0 Å². The molecule has 1 unspecified atom stereocenters. The Kier molecular flexibility index (Phi) is 4.99. The van der Waals surface area contributed by atoms with Gasteiger partial charge in [0.1, 0.15) is 6.04 Å². The first kappa shape index (κ1) is 15.5. The van der Waals surface area contributed by atoms with Crippen molar-refractivity contribution in [1.29, 1.82) is 0 Å². The Balaban J connectivity index is 2.24. The number of hydrogen-bond donors (Lipinski definition) is 1. The van der Waals surface area contributed by atoms with Crippen molar-refractivity contribution in [3.05, 3.63) is 64.7 Å². The summed E-state index contributed by atoms with van der Waals surface area (Å²) in [6.07, 6.45) is 0. The Labute approximate surface area is 130 Å². The number of hydrogen-bond acceptors (Lipinski definition) is 2. The third kappa shape index (κ3) is 3.84. The molecule has 4 heteroatoms. The van der Waals surface area contributed by atoms with Gasteiger partial charge in [-0.3, -0.25) is 9.69 Å². The second-order valence-electron chi connectivity index (χ2n) is 5.23. The van der Waals surface area contributed by atoms with Crippen LogP contribution in [-0.4, -0.2) is 24.9 Å². The monoisotopic (exact) mass is 302 g/mol. The number of anilines is 1. The second-order valence-corrected chi connectivity index (χ2v) is 5.66. The van der Waals surface area contributed by atoms with Crippen molar-refractivity contribution in [3.63, 3.8) is 0 Å². The third-order valence-electron chi connectivity index (χ3n) is 3.33. The smallest absolute Gasteiger partial charge is 0.246 e. The first-order valence-corrected chi connectivity index (χ1v) is 7.15. The van der Waals surface area contributed by atoms with Crippen LogP contribution in [-0.2, 0) is 4.79 Å². The SMILES string of the molecule is Cc1cc(Cl)ccc1NC(=O)C(c1ccccc1)N(C)C. The summed E-state index contributed by atoms with van der Waals surface area (Å²) in [5, 5.41) is 3.64. The van der Waals surface area contributed by atoms with E-state index in [0.717, 1.165) is 16.8 Å². The molecule has 0 saturated heterocycles. The number of halogens is 1. The van der Waals surface area contributed by atoms with E-state index in [2.05, 4.69) is 5.32 Å². The molecule has 21 heavy (non-hydrogen) atoms. The zero-order valence-corrected chi connectivity index (χ0v) is 13.2. The van der Waals surface area contributed by atoms with Gasteiger partial charge in [-0.2, -0.15) is 0 Å². The van der Waals surface area contributed by atoms with E-state index in [9.17, 15) is 4.79 Å². The lowest BCUT2D eigenvalue weighted by molar-refractivity contribution is -0.120. The van der Waals surface area contributed by atoms with Crippen LogP contribution in [0.2, 0.25) is 5.02 Å².